The molecule has 6 heteroatoms. The van der Waals surface area contributed by atoms with E-state index in [-0.39, 0.29) is 23.5 Å². The first-order valence-electron chi connectivity index (χ1n) is 18.1. The molecular weight excluding hydrogens is 671 g/mol. The van der Waals surface area contributed by atoms with E-state index in [0.717, 1.165) is 66.4 Å². The van der Waals surface area contributed by atoms with Crippen molar-refractivity contribution in [2.75, 3.05) is 9.80 Å². The van der Waals surface area contributed by atoms with Gasteiger partial charge in [0.1, 0.15) is 11.6 Å². The van der Waals surface area contributed by atoms with E-state index >= 15 is 0 Å². The molecule has 0 aromatic heterocycles. The Balaban J connectivity index is 1.50. The molecule has 0 spiro atoms. The molecule has 0 bridgehead atoms. The standard InChI is InChI=1S/C48H36F2N4/c1-29(2)43-25-45(53(37-17-9-33(49)10-18-37)35-13-5-31(27-51)6-14-35)41-24-22-40-44(30(3)4)26-46(42-23-21-39(43)47(41)48(40)42)54(38-19-11-34(50)12-20-38)36-15-7-32(28-52)8-16-36/h5-26,29-30H,1-4H3. The first-order valence-corrected chi connectivity index (χ1v) is 18.1. The zero-order valence-electron chi connectivity index (χ0n) is 30.4. The Kier molecular flexibility index (Phi) is 8.68. The van der Waals surface area contributed by atoms with Crippen LogP contribution in [0, 0.1) is 34.3 Å². The zero-order chi connectivity index (χ0) is 37.7. The molecule has 0 amide bonds. The number of rotatable bonds is 8. The van der Waals surface area contributed by atoms with Gasteiger partial charge in [-0.25, -0.2) is 8.78 Å². The van der Waals surface area contributed by atoms with Crippen molar-refractivity contribution in [3.05, 3.63) is 167 Å². The Bertz CT molecular complexity index is 2550. The number of nitriles is 2. The molecule has 8 rings (SSSR count). The summed E-state index contributed by atoms with van der Waals surface area (Å²) in [6, 6.07) is 45.8. The SMILES string of the molecule is CC(C)c1cc(N(c2ccc(F)cc2)c2ccc(C#N)cc2)c2ccc3c(C(C)C)cc(N(c4ccc(F)cc4)c4ccc(C#N)cc4)c4ccc1c2c34. The van der Waals surface area contributed by atoms with Gasteiger partial charge in [-0.1, -0.05) is 52.0 Å². The topological polar surface area (TPSA) is 54.1 Å². The van der Waals surface area contributed by atoms with Crippen molar-refractivity contribution in [2.24, 2.45) is 0 Å². The van der Waals surface area contributed by atoms with Crippen LogP contribution in [0.1, 0.15) is 61.8 Å². The van der Waals surface area contributed by atoms with Crippen LogP contribution in [-0.2, 0) is 0 Å². The minimum atomic E-state index is -0.321. The summed E-state index contributed by atoms with van der Waals surface area (Å²) in [6.07, 6.45) is 0. The molecule has 54 heavy (non-hydrogen) atoms. The van der Waals surface area contributed by atoms with E-state index in [0.29, 0.717) is 11.1 Å². The largest absolute Gasteiger partial charge is 0.310 e. The van der Waals surface area contributed by atoms with Gasteiger partial charge >= 0.3 is 0 Å². The number of anilines is 6. The van der Waals surface area contributed by atoms with Gasteiger partial charge in [-0.2, -0.15) is 10.5 Å². The van der Waals surface area contributed by atoms with Crippen LogP contribution in [0.2, 0.25) is 0 Å². The summed E-state index contributed by atoms with van der Waals surface area (Å²) in [7, 11) is 0. The van der Waals surface area contributed by atoms with E-state index in [4.69, 9.17) is 0 Å². The summed E-state index contributed by atoms with van der Waals surface area (Å²) >= 11 is 0. The second kappa shape index (κ2) is 13.7. The number of benzene rings is 8. The van der Waals surface area contributed by atoms with Gasteiger partial charge in [0.05, 0.1) is 34.6 Å². The molecule has 8 aromatic rings. The summed E-state index contributed by atoms with van der Waals surface area (Å²) in [5.74, 6) is -0.303. The van der Waals surface area contributed by atoms with E-state index in [1.54, 1.807) is 48.5 Å². The predicted octanol–water partition coefficient (Wildman–Crippen LogP) is 13.8. The lowest BCUT2D eigenvalue weighted by atomic mass is 9.84. The molecule has 0 aliphatic heterocycles. The molecule has 0 heterocycles. The van der Waals surface area contributed by atoms with Crippen molar-refractivity contribution in [3.8, 4) is 12.1 Å². The van der Waals surface area contributed by atoms with Crippen LogP contribution in [0.3, 0.4) is 0 Å². The highest BCUT2D eigenvalue weighted by molar-refractivity contribution is 6.29. The van der Waals surface area contributed by atoms with Gasteiger partial charge in [-0.15, -0.1) is 0 Å². The van der Waals surface area contributed by atoms with Crippen molar-refractivity contribution >= 4 is 66.4 Å². The molecule has 0 atom stereocenters. The first kappa shape index (κ1) is 34.3. The quantitative estimate of drug-likeness (QED) is 0.148. The molecule has 0 aliphatic rings. The van der Waals surface area contributed by atoms with Crippen LogP contribution in [-0.4, -0.2) is 0 Å². The highest BCUT2D eigenvalue weighted by atomic mass is 19.1. The molecule has 0 saturated heterocycles. The van der Waals surface area contributed by atoms with E-state index in [1.807, 2.05) is 24.3 Å². The predicted molar refractivity (Wildman–Crippen MR) is 217 cm³/mol. The highest BCUT2D eigenvalue weighted by Gasteiger charge is 2.26. The number of halogens is 2. The summed E-state index contributed by atoms with van der Waals surface area (Å²) in [4.78, 5) is 4.29. The van der Waals surface area contributed by atoms with Crippen LogP contribution in [0.15, 0.2) is 133 Å². The van der Waals surface area contributed by atoms with Crippen LogP contribution in [0.5, 0.6) is 0 Å². The molecule has 0 fully saturated rings. The highest BCUT2D eigenvalue weighted by Crippen LogP contribution is 2.51. The molecule has 4 nitrogen and oxygen atoms in total. The maximum absolute atomic E-state index is 14.4. The molecule has 8 aromatic carbocycles. The van der Waals surface area contributed by atoms with Crippen LogP contribution >= 0.6 is 0 Å². The second-order valence-corrected chi connectivity index (χ2v) is 14.3. The fourth-order valence-electron chi connectivity index (χ4n) is 7.74. The molecule has 0 unspecified atom stereocenters. The van der Waals surface area contributed by atoms with Crippen LogP contribution < -0.4 is 9.80 Å². The second-order valence-electron chi connectivity index (χ2n) is 14.3. The normalized spacial score (nSPS) is 11.4. The van der Waals surface area contributed by atoms with Crippen molar-refractivity contribution in [2.45, 2.75) is 39.5 Å². The van der Waals surface area contributed by atoms with Gasteiger partial charge in [-0.05, 0) is 154 Å². The number of nitrogens with zero attached hydrogens (tertiary/aromatic N) is 4. The lowest BCUT2D eigenvalue weighted by Crippen LogP contribution is -2.13. The Hall–Kier alpha value is -6.76. The first-order chi connectivity index (χ1) is 26.2. The fraction of sp³-hybridized carbons (Fsp3) is 0.125. The van der Waals surface area contributed by atoms with Gasteiger partial charge in [0, 0.05) is 33.5 Å². The van der Waals surface area contributed by atoms with Crippen LogP contribution in [0.25, 0.3) is 32.3 Å². The molecule has 0 saturated carbocycles. The van der Waals surface area contributed by atoms with Gasteiger partial charge in [0.15, 0.2) is 0 Å². The van der Waals surface area contributed by atoms with Crippen molar-refractivity contribution in [1.82, 2.24) is 0 Å². The van der Waals surface area contributed by atoms with E-state index in [9.17, 15) is 19.3 Å². The Labute approximate surface area is 313 Å². The van der Waals surface area contributed by atoms with Gasteiger partial charge in [-0.3, -0.25) is 0 Å². The average molecular weight is 707 g/mol. The van der Waals surface area contributed by atoms with Gasteiger partial charge in [0.2, 0.25) is 0 Å². The maximum Gasteiger partial charge on any atom is 0.123 e. The lowest BCUT2D eigenvalue weighted by molar-refractivity contribution is 0.627. The van der Waals surface area contributed by atoms with Crippen LogP contribution in [0.4, 0.5) is 42.9 Å². The van der Waals surface area contributed by atoms with Crippen molar-refractivity contribution < 1.29 is 8.78 Å². The van der Waals surface area contributed by atoms with Gasteiger partial charge in [0.25, 0.3) is 0 Å². The van der Waals surface area contributed by atoms with E-state index in [2.05, 4.69) is 86.0 Å². The minimum absolute atomic E-state index is 0.169. The van der Waals surface area contributed by atoms with E-state index < -0.39 is 0 Å². The lowest BCUT2D eigenvalue weighted by Gasteiger charge is -2.31. The summed E-state index contributed by atoms with van der Waals surface area (Å²) < 4.78 is 28.7. The molecule has 262 valence electrons. The van der Waals surface area contributed by atoms with Gasteiger partial charge < -0.3 is 9.80 Å². The monoisotopic (exact) mass is 706 g/mol. The number of hydrogen-bond donors (Lipinski definition) is 0. The Morgan fingerprint density at radius 3 is 1.02 bits per heavy atom. The number of hydrogen-bond acceptors (Lipinski definition) is 4. The third-order valence-corrected chi connectivity index (χ3v) is 10.3. The third-order valence-electron chi connectivity index (χ3n) is 10.3. The summed E-state index contributed by atoms with van der Waals surface area (Å²) in [5, 5.41) is 25.8. The Morgan fingerprint density at radius 1 is 0.426 bits per heavy atom. The third kappa shape index (κ3) is 5.83. The van der Waals surface area contributed by atoms with E-state index in [1.165, 1.54) is 35.4 Å². The maximum atomic E-state index is 14.4. The smallest absolute Gasteiger partial charge is 0.123 e. The Morgan fingerprint density at radius 2 is 0.722 bits per heavy atom. The molecule has 0 radical (unpaired) electrons. The van der Waals surface area contributed by atoms with Crippen molar-refractivity contribution in [3.63, 3.8) is 0 Å². The molecule has 0 N–H and O–H groups in total. The van der Waals surface area contributed by atoms with Crippen molar-refractivity contribution in [1.29, 1.82) is 10.5 Å². The average Bonchev–Trinajstić information content (AvgIpc) is 3.19. The summed E-state index contributed by atoms with van der Waals surface area (Å²) in [6.45, 7) is 8.80. The molecular formula is C48H36F2N4. The fourth-order valence-corrected chi connectivity index (χ4v) is 7.74. The minimum Gasteiger partial charge on any atom is -0.310 e. The zero-order valence-corrected chi connectivity index (χ0v) is 30.4. The summed E-state index contributed by atoms with van der Waals surface area (Å²) in [5.41, 5.74) is 8.60. The molecule has 0 aliphatic carbocycles.